The molecule has 6 N–H and O–H groups in total. The lowest BCUT2D eigenvalue weighted by Gasteiger charge is -1.83. The molecule has 88 valence electrons. The van der Waals surface area contributed by atoms with E-state index in [0.29, 0.717) is 0 Å². The van der Waals surface area contributed by atoms with Crippen LogP contribution in [0.2, 0.25) is 0 Å². The molecule has 9 heteroatoms. The average molecular weight is 230 g/mol. The van der Waals surface area contributed by atoms with Gasteiger partial charge in [-0.15, -0.1) is 0 Å². The number of aliphatic hydroxyl groups excluding tert-OH is 2. The van der Waals surface area contributed by atoms with E-state index in [2.05, 4.69) is 15.0 Å². The fraction of sp³-hybridized carbons (Fsp3) is 0.286. The molecule has 2 rings (SSSR count). The van der Waals surface area contributed by atoms with Crippen molar-refractivity contribution in [2.75, 3.05) is 13.2 Å². The van der Waals surface area contributed by atoms with Gasteiger partial charge in [0.05, 0.1) is 13.2 Å². The first kappa shape index (κ1) is 11.9. The lowest BCUT2D eigenvalue weighted by Crippen LogP contribution is -2.21. The number of hydrogen-bond donors (Lipinski definition) is 6. The molecular weight excluding hydrogens is 220 g/mol. The monoisotopic (exact) mass is 230 g/mol. The molecule has 0 aliphatic rings. The lowest BCUT2D eigenvalue weighted by atomic mass is 10.5. The minimum atomic E-state index is -0.650. The SMILES string of the molecule is O=c1[nH]c(=O)c2[nH]c(=O)[nH]c2[nH]1.OCCO. The van der Waals surface area contributed by atoms with Gasteiger partial charge in [-0.3, -0.25) is 24.7 Å². The van der Waals surface area contributed by atoms with Gasteiger partial charge < -0.3 is 10.2 Å². The van der Waals surface area contributed by atoms with Crippen LogP contribution in [-0.4, -0.2) is 43.4 Å². The maximum Gasteiger partial charge on any atom is 0.327 e. The number of rotatable bonds is 1. The second-order valence-electron chi connectivity index (χ2n) is 2.68. The molecule has 0 aliphatic carbocycles. The number of hydrogen-bond acceptors (Lipinski definition) is 5. The van der Waals surface area contributed by atoms with E-state index in [1.165, 1.54) is 0 Å². The molecule has 0 saturated carbocycles. The number of imidazole rings is 1. The van der Waals surface area contributed by atoms with Crippen molar-refractivity contribution < 1.29 is 10.2 Å². The summed E-state index contributed by atoms with van der Waals surface area (Å²) in [7, 11) is 0. The number of H-pyrrole nitrogens is 4. The zero-order chi connectivity index (χ0) is 12.1. The Morgan fingerprint density at radius 1 is 0.812 bits per heavy atom. The molecule has 0 aromatic carbocycles. The summed E-state index contributed by atoms with van der Waals surface area (Å²) in [5.41, 5.74) is -1.65. The van der Waals surface area contributed by atoms with Gasteiger partial charge in [0.2, 0.25) is 0 Å². The van der Waals surface area contributed by atoms with E-state index in [1.807, 2.05) is 4.98 Å². The van der Waals surface area contributed by atoms with Crippen molar-refractivity contribution in [1.82, 2.24) is 19.9 Å². The number of aliphatic hydroxyl groups is 2. The zero-order valence-electron chi connectivity index (χ0n) is 8.03. The number of aromatic amines is 4. The van der Waals surface area contributed by atoms with E-state index in [-0.39, 0.29) is 24.4 Å². The molecule has 0 atom stereocenters. The third-order valence-electron chi connectivity index (χ3n) is 1.52. The minimum Gasteiger partial charge on any atom is -0.394 e. The largest absolute Gasteiger partial charge is 0.394 e. The van der Waals surface area contributed by atoms with Gasteiger partial charge in [-0.05, 0) is 0 Å². The highest BCUT2D eigenvalue weighted by atomic mass is 16.3. The molecule has 0 unspecified atom stereocenters. The van der Waals surface area contributed by atoms with Crippen LogP contribution in [0, 0.1) is 0 Å². The average Bonchev–Trinajstić information content (AvgIpc) is 2.59. The minimum absolute atomic E-state index is 0.0413. The third kappa shape index (κ3) is 2.68. The normalized spacial score (nSPS) is 9.88. The molecule has 2 heterocycles. The van der Waals surface area contributed by atoms with Crippen molar-refractivity contribution in [3.8, 4) is 0 Å². The van der Waals surface area contributed by atoms with Crippen LogP contribution >= 0.6 is 0 Å². The molecular formula is C7H10N4O5. The van der Waals surface area contributed by atoms with Crippen LogP contribution in [0.5, 0.6) is 0 Å². The summed E-state index contributed by atoms with van der Waals surface area (Å²) in [6, 6.07) is 0. The van der Waals surface area contributed by atoms with Gasteiger partial charge in [0, 0.05) is 0 Å². The predicted molar refractivity (Wildman–Crippen MR) is 54.3 cm³/mol. The summed E-state index contributed by atoms with van der Waals surface area (Å²) in [5.74, 6) is 0. The Morgan fingerprint density at radius 3 is 1.81 bits per heavy atom. The van der Waals surface area contributed by atoms with Gasteiger partial charge in [-0.1, -0.05) is 0 Å². The van der Waals surface area contributed by atoms with Gasteiger partial charge in [0.15, 0.2) is 0 Å². The Balaban J connectivity index is 0.000000280. The van der Waals surface area contributed by atoms with Crippen molar-refractivity contribution >= 4 is 11.2 Å². The maximum atomic E-state index is 10.9. The number of fused-ring (bicyclic) bond motifs is 1. The van der Waals surface area contributed by atoms with Crippen molar-refractivity contribution in [3.63, 3.8) is 0 Å². The number of aromatic nitrogens is 4. The molecule has 0 saturated heterocycles. The summed E-state index contributed by atoms with van der Waals surface area (Å²) in [5, 5.41) is 15.2. The quantitative estimate of drug-likeness (QED) is 0.312. The third-order valence-corrected chi connectivity index (χ3v) is 1.52. The second-order valence-corrected chi connectivity index (χ2v) is 2.68. The highest BCUT2D eigenvalue weighted by Crippen LogP contribution is 1.88. The second kappa shape index (κ2) is 5.09. The molecule has 0 aliphatic heterocycles. The van der Waals surface area contributed by atoms with Crippen molar-refractivity contribution in [1.29, 1.82) is 0 Å². The number of nitrogens with one attached hydrogen (secondary N) is 4. The van der Waals surface area contributed by atoms with E-state index >= 15 is 0 Å². The van der Waals surface area contributed by atoms with Crippen LogP contribution in [0.4, 0.5) is 0 Å². The van der Waals surface area contributed by atoms with Gasteiger partial charge in [-0.25, -0.2) is 9.59 Å². The molecule has 0 fully saturated rings. The molecule has 2 aromatic heterocycles. The highest BCUT2D eigenvalue weighted by Gasteiger charge is 2.02. The molecule has 0 amide bonds. The Kier molecular flexibility index (Phi) is 3.80. The molecule has 9 nitrogen and oxygen atoms in total. The topological polar surface area (TPSA) is 155 Å². The van der Waals surface area contributed by atoms with E-state index in [0.717, 1.165) is 0 Å². The Hall–Kier alpha value is -2.13. The van der Waals surface area contributed by atoms with Crippen LogP contribution in [0.3, 0.4) is 0 Å². The Bertz CT molecular complexity index is 616. The Labute approximate surface area is 86.8 Å². The first-order valence-corrected chi connectivity index (χ1v) is 4.24. The molecule has 16 heavy (non-hydrogen) atoms. The summed E-state index contributed by atoms with van der Waals surface area (Å²) < 4.78 is 0. The molecule has 0 radical (unpaired) electrons. The van der Waals surface area contributed by atoms with Crippen LogP contribution in [-0.2, 0) is 0 Å². The smallest absolute Gasteiger partial charge is 0.327 e. The summed E-state index contributed by atoms with van der Waals surface area (Å²) in [6.45, 7) is -0.250. The van der Waals surface area contributed by atoms with E-state index < -0.39 is 16.9 Å². The summed E-state index contributed by atoms with van der Waals surface area (Å²) in [4.78, 5) is 41.0. The van der Waals surface area contributed by atoms with Gasteiger partial charge >= 0.3 is 11.4 Å². The van der Waals surface area contributed by atoms with E-state index in [1.54, 1.807) is 0 Å². The van der Waals surface area contributed by atoms with E-state index in [4.69, 9.17) is 10.2 Å². The van der Waals surface area contributed by atoms with Crippen LogP contribution < -0.4 is 16.9 Å². The fourth-order valence-corrected chi connectivity index (χ4v) is 0.958. The Morgan fingerprint density at radius 2 is 1.31 bits per heavy atom. The summed E-state index contributed by atoms with van der Waals surface area (Å²) in [6.07, 6.45) is 0. The van der Waals surface area contributed by atoms with Gasteiger partial charge in [0.25, 0.3) is 5.56 Å². The van der Waals surface area contributed by atoms with Crippen molar-refractivity contribution in [3.05, 3.63) is 31.3 Å². The summed E-state index contributed by atoms with van der Waals surface area (Å²) >= 11 is 0. The maximum absolute atomic E-state index is 10.9. The zero-order valence-corrected chi connectivity index (χ0v) is 8.03. The predicted octanol–water partition coefficient (Wildman–Crippen LogP) is -2.80. The van der Waals surface area contributed by atoms with Crippen molar-refractivity contribution in [2.45, 2.75) is 0 Å². The molecule has 0 bridgehead atoms. The van der Waals surface area contributed by atoms with Crippen LogP contribution in [0.1, 0.15) is 0 Å². The highest BCUT2D eigenvalue weighted by molar-refractivity contribution is 5.67. The standard InChI is InChI=1S/C5H4N4O3.C2H6O2/c10-3-1-2(7-4(11)6-1)8-5(12)9-3;3-1-2-4/h(H4,6,7,8,9,10,11,12);3-4H,1-2H2. The lowest BCUT2D eigenvalue weighted by molar-refractivity contribution is 0.186. The molecule has 2 aromatic rings. The van der Waals surface area contributed by atoms with Crippen molar-refractivity contribution in [2.24, 2.45) is 0 Å². The first-order valence-electron chi connectivity index (χ1n) is 4.24. The van der Waals surface area contributed by atoms with E-state index in [9.17, 15) is 14.4 Å². The van der Waals surface area contributed by atoms with Gasteiger partial charge in [-0.2, -0.15) is 0 Å². The van der Waals surface area contributed by atoms with Crippen LogP contribution in [0.25, 0.3) is 11.2 Å². The van der Waals surface area contributed by atoms with Crippen LogP contribution in [0.15, 0.2) is 14.4 Å². The fourth-order valence-electron chi connectivity index (χ4n) is 0.958. The van der Waals surface area contributed by atoms with Gasteiger partial charge in [0.1, 0.15) is 11.2 Å². The first-order chi connectivity index (χ1) is 7.58. The molecule has 0 spiro atoms.